The van der Waals surface area contributed by atoms with Gasteiger partial charge in [0.05, 0.1) is 5.54 Å². The number of benzene rings is 1. The van der Waals surface area contributed by atoms with Gasteiger partial charge in [0, 0.05) is 5.69 Å². The molecule has 0 saturated heterocycles. The van der Waals surface area contributed by atoms with Gasteiger partial charge in [-0.3, -0.25) is 0 Å². The fraction of sp³-hybridized carbons (Fsp3) is 0.231. The first-order valence-electron chi connectivity index (χ1n) is 4.70. The van der Waals surface area contributed by atoms with Crippen molar-refractivity contribution in [1.29, 1.82) is 0 Å². The highest BCUT2D eigenvalue weighted by Crippen LogP contribution is 2.27. The highest BCUT2D eigenvalue weighted by Gasteiger charge is 2.23. The molecule has 0 saturated carbocycles. The average Bonchev–Trinajstić information content (AvgIpc) is 2.19. The number of nitrogen functional groups attached to an aromatic ring is 1. The molecule has 2 heteroatoms. The third-order valence-corrected chi connectivity index (χ3v) is 2.54. The lowest BCUT2D eigenvalue weighted by Gasteiger charge is -2.27. The van der Waals surface area contributed by atoms with E-state index in [1.807, 2.05) is 42.5 Å². The van der Waals surface area contributed by atoms with Crippen molar-refractivity contribution < 1.29 is 0 Å². The number of rotatable bonds is 1. The Balaban J connectivity index is 0.00000112. The normalized spacial score (nSPS) is 23.5. The van der Waals surface area contributed by atoms with E-state index in [-0.39, 0.29) is 13.0 Å². The van der Waals surface area contributed by atoms with Crippen LogP contribution in [0.5, 0.6) is 0 Å². The summed E-state index contributed by atoms with van der Waals surface area (Å²) in [4.78, 5) is 0. The Labute approximate surface area is 91.3 Å². The van der Waals surface area contributed by atoms with Crippen LogP contribution in [0.4, 0.5) is 5.69 Å². The van der Waals surface area contributed by atoms with E-state index in [1.54, 1.807) is 0 Å². The third kappa shape index (κ3) is 2.28. The second-order valence-electron chi connectivity index (χ2n) is 3.65. The van der Waals surface area contributed by atoms with Crippen molar-refractivity contribution >= 4 is 5.69 Å². The van der Waals surface area contributed by atoms with Gasteiger partial charge in [0.1, 0.15) is 0 Å². The summed E-state index contributed by atoms with van der Waals surface area (Å²) < 4.78 is 0. The van der Waals surface area contributed by atoms with Gasteiger partial charge in [0.2, 0.25) is 0 Å². The Hall–Kier alpha value is -1.54. The lowest BCUT2D eigenvalue weighted by Crippen LogP contribution is -2.34. The van der Waals surface area contributed by atoms with Gasteiger partial charge < -0.3 is 11.5 Å². The predicted octanol–water partition coefficient (Wildman–Crippen LogP) is 2.58. The Morgan fingerprint density at radius 2 is 1.73 bits per heavy atom. The molecule has 0 bridgehead atoms. The summed E-state index contributed by atoms with van der Waals surface area (Å²) in [6.45, 7) is 0. The van der Waals surface area contributed by atoms with E-state index in [4.69, 9.17) is 11.5 Å². The maximum absolute atomic E-state index is 6.25. The van der Waals surface area contributed by atoms with Crippen molar-refractivity contribution in [3.8, 4) is 0 Å². The first-order chi connectivity index (χ1) is 6.71. The zero-order chi connectivity index (χ0) is 10.0. The Morgan fingerprint density at radius 3 is 2.27 bits per heavy atom. The topological polar surface area (TPSA) is 52.0 Å². The summed E-state index contributed by atoms with van der Waals surface area (Å²) in [5.41, 5.74) is 13.4. The largest absolute Gasteiger partial charge is 0.399 e. The molecule has 15 heavy (non-hydrogen) atoms. The van der Waals surface area contributed by atoms with Crippen molar-refractivity contribution in [1.82, 2.24) is 0 Å². The molecular weight excluding hydrogens is 184 g/mol. The average molecular weight is 202 g/mol. The first kappa shape index (κ1) is 11.5. The maximum atomic E-state index is 6.25. The lowest BCUT2D eigenvalue weighted by atomic mass is 9.85. The molecule has 0 heterocycles. The molecule has 1 atom stereocenters. The molecule has 1 aromatic rings. The van der Waals surface area contributed by atoms with Crippen molar-refractivity contribution in [3.63, 3.8) is 0 Å². The summed E-state index contributed by atoms with van der Waals surface area (Å²) in [6, 6.07) is 7.74. The van der Waals surface area contributed by atoms with Gasteiger partial charge in [0.15, 0.2) is 0 Å². The molecular formula is C13H18N2. The van der Waals surface area contributed by atoms with Gasteiger partial charge in [-0.2, -0.15) is 0 Å². The van der Waals surface area contributed by atoms with E-state index in [1.165, 1.54) is 0 Å². The number of anilines is 1. The third-order valence-electron chi connectivity index (χ3n) is 2.54. The molecule has 1 unspecified atom stereocenters. The van der Waals surface area contributed by atoms with Crippen molar-refractivity contribution in [3.05, 3.63) is 54.1 Å². The van der Waals surface area contributed by atoms with Crippen LogP contribution in [-0.4, -0.2) is 0 Å². The highest BCUT2D eigenvalue weighted by atomic mass is 14.7. The number of allylic oxidation sites excluding steroid dienone is 2. The predicted molar refractivity (Wildman–Crippen MR) is 66.3 cm³/mol. The lowest BCUT2D eigenvalue weighted by molar-refractivity contribution is 0.565. The van der Waals surface area contributed by atoms with Crippen molar-refractivity contribution in [2.75, 3.05) is 5.73 Å². The van der Waals surface area contributed by atoms with Crippen LogP contribution in [0.3, 0.4) is 0 Å². The van der Waals surface area contributed by atoms with Gasteiger partial charge in [-0.15, -0.1) is 0 Å². The zero-order valence-corrected chi connectivity index (χ0v) is 7.98. The minimum Gasteiger partial charge on any atom is -0.399 e. The molecule has 2 nitrogen and oxygen atoms in total. The minimum atomic E-state index is -0.359. The van der Waals surface area contributed by atoms with Crippen LogP contribution in [0.2, 0.25) is 0 Å². The number of hydrogen-bond donors (Lipinski definition) is 2. The van der Waals surface area contributed by atoms with E-state index in [0.29, 0.717) is 0 Å². The monoisotopic (exact) mass is 202 g/mol. The van der Waals surface area contributed by atoms with Crippen LogP contribution in [0.15, 0.2) is 48.6 Å². The molecule has 4 N–H and O–H groups in total. The molecule has 0 aliphatic heterocycles. The van der Waals surface area contributed by atoms with Crippen LogP contribution in [0.1, 0.15) is 19.4 Å². The van der Waals surface area contributed by atoms with Gasteiger partial charge in [-0.1, -0.05) is 43.9 Å². The van der Waals surface area contributed by atoms with Gasteiger partial charge in [0.25, 0.3) is 0 Å². The molecule has 1 aliphatic rings. The summed E-state index contributed by atoms with van der Waals surface area (Å²) in [7, 11) is 0. The smallest absolute Gasteiger partial charge is 0.0633 e. The molecule has 0 spiro atoms. The second-order valence-corrected chi connectivity index (χ2v) is 3.65. The highest BCUT2D eigenvalue weighted by molar-refractivity contribution is 5.43. The molecule has 0 amide bonds. The number of hydrogen-bond acceptors (Lipinski definition) is 2. The van der Waals surface area contributed by atoms with E-state index in [0.717, 1.165) is 17.7 Å². The van der Waals surface area contributed by atoms with Gasteiger partial charge in [-0.05, 0) is 24.1 Å². The molecule has 1 aliphatic carbocycles. The first-order valence-corrected chi connectivity index (χ1v) is 4.70. The fourth-order valence-electron chi connectivity index (χ4n) is 1.64. The fourth-order valence-corrected chi connectivity index (χ4v) is 1.64. The molecule has 1 aromatic carbocycles. The zero-order valence-electron chi connectivity index (χ0n) is 7.98. The van der Waals surface area contributed by atoms with Crippen molar-refractivity contribution in [2.45, 2.75) is 19.4 Å². The molecule has 0 radical (unpaired) electrons. The summed E-state index contributed by atoms with van der Waals surface area (Å²) in [5.74, 6) is 0. The molecule has 2 rings (SSSR count). The minimum absolute atomic E-state index is 0. The van der Waals surface area contributed by atoms with E-state index < -0.39 is 0 Å². The van der Waals surface area contributed by atoms with E-state index >= 15 is 0 Å². The van der Waals surface area contributed by atoms with Crippen LogP contribution in [0, 0.1) is 0 Å². The van der Waals surface area contributed by atoms with Gasteiger partial charge >= 0.3 is 0 Å². The standard InChI is InChI=1S/C12H14N2.CH4/c13-11-6-4-10(5-7-11)12(14)8-2-1-3-9-12;/h1-8H,9,13-14H2;1H4. The molecule has 0 aromatic heterocycles. The quantitative estimate of drug-likeness (QED) is 0.688. The SMILES string of the molecule is C.Nc1ccc(C2(N)C=CC=CC2)cc1. The number of nitrogens with two attached hydrogens (primary N) is 2. The molecule has 0 fully saturated rings. The van der Waals surface area contributed by atoms with E-state index in [2.05, 4.69) is 6.08 Å². The van der Waals surface area contributed by atoms with E-state index in [9.17, 15) is 0 Å². The van der Waals surface area contributed by atoms with Crippen molar-refractivity contribution in [2.24, 2.45) is 5.73 Å². The Morgan fingerprint density at radius 1 is 1.07 bits per heavy atom. The summed E-state index contributed by atoms with van der Waals surface area (Å²) in [5, 5.41) is 0. The summed E-state index contributed by atoms with van der Waals surface area (Å²) >= 11 is 0. The summed E-state index contributed by atoms with van der Waals surface area (Å²) in [6.07, 6.45) is 8.95. The van der Waals surface area contributed by atoms with Crippen LogP contribution < -0.4 is 11.5 Å². The van der Waals surface area contributed by atoms with Crippen LogP contribution in [-0.2, 0) is 5.54 Å². The maximum Gasteiger partial charge on any atom is 0.0633 e. The van der Waals surface area contributed by atoms with Crippen LogP contribution in [0.25, 0.3) is 0 Å². The van der Waals surface area contributed by atoms with Gasteiger partial charge in [-0.25, -0.2) is 0 Å². The Kier molecular flexibility index (Phi) is 3.32. The molecule has 80 valence electrons. The Bertz CT molecular complexity index is 376. The van der Waals surface area contributed by atoms with Crippen LogP contribution >= 0.6 is 0 Å². The second kappa shape index (κ2) is 4.32.